The van der Waals surface area contributed by atoms with Crippen LogP contribution in [0.15, 0.2) is 18.2 Å². The van der Waals surface area contributed by atoms with E-state index in [4.69, 9.17) is 20.6 Å². The summed E-state index contributed by atoms with van der Waals surface area (Å²) in [6.07, 6.45) is 5.28. The Morgan fingerprint density at radius 1 is 1.42 bits per heavy atom. The molecule has 3 N–H and O–H groups in total. The first-order valence-electron chi connectivity index (χ1n) is 6.79. The van der Waals surface area contributed by atoms with Crippen molar-refractivity contribution in [1.29, 1.82) is 5.41 Å². The topological polar surface area (TPSA) is 68.3 Å². The molecule has 1 aliphatic carbocycles. The number of hydrogen-bond donors (Lipinski definition) is 2. The molecule has 0 bridgehead atoms. The first-order valence-corrected chi connectivity index (χ1v) is 6.79. The molecular formula is C15H22N2O2. The zero-order valence-corrected chi connectivity index (χ0v) is 11.4. The van der Waals surface area contributed by atoms with Gasteiger partial charge in [-0.2, -0.15) is 0 Å². The van der Waals surface area contributed by atoms with E-state index >= 15 is 0 Å². The summed E-state index contributed by atoms with van der Waals surface area (Å²) in [6.45, 7) is 1.41. The van der Waals surface area contributed by atoms with Crippen LogP contribution in [0, 0.1) is 11.3 Å². The second-order valence-corrected chi connectivity index (χ2v) is 5.09. The number of hydrogen-bond acceptors (Lipinski definition) is 3. The fourth-order valence-corrected chi connectivity index (χ4v) is 2.27. The van der Waals surface area contributed by atoms with Crippen LogP contribution >= 0.6 is 0 Å². The lowest BCUT2D eigenvalue weighted by Gasteiger charge is -2.24. The van der Waals surface area contributed by atoms with Crippen molar-refractivity contribution >= 4 is 5.84 Å². The van der Waals surface area contributed by atoms with Gasteiger partial charge in [-0.3, -0.25) is 5.41 Å². The van der Waals surface area contributed by atoms with Gasteiger partial charge in [-0.15, -0.1) is 0 Å². The molecule has 19 heavy (non-hydrogen) atoms. The summed E-state index contributed by atoms with van der Waals surface area (Å²) >= 11 is 0. The quantitative estimate of drug-likeness (QED) is 0.451. The van der Waals surface area contributed by atoms with Crippen molar-refractivity contribution in [3.8, 4) is 5.75 Å². The van der Waals surface area contributed by atoms with E-state index in [9.17, 15) is 0 Å². The second-order valence-electron chi connectivity index (χ2n) is 5.09. The Hall–Kier alpha value is -1.55. The van der Waals surface area contributed by atoms with Gasteiger partial charge in [0.15, 0.2) is 0 Å². The van der Waals surface area contributed by atoms with Gasteiger partial charge in [0.25, 0.3) is 0 Å². The van der Waals surface area contributed by atoms with E-state index in [2.05, 4.69) is 0 Å². The summed E-state index contributed by atoms with van der Waals surface area (Å²) in [4.78, 5) is 0. The summed E-state index contributed by atoms with van der Waals surface area (Å²) in [5.74, 6) is 1.54. The molecule has 4 nitrogen and oxygen atoms in total. The lowest BCUT2D eigenvalue weighted by Crippen LogP contribution is -2.14. The first kappa shape index (κ1) is 13.9. The van der Waals surface area contributed by atoms with Crippen LogP contribution in [0.25, 0.3) is 0 Å². The highest BCUT2D eigenvalue weighted by Crippen LogP contribution is 2.29. The molecule has 0 heterocycles. The maximum Gasteiger partial charge on any atom is 0.130 e. The molecule has 1 fully saturated rings. The Morgan fingerprint density at radius 3 is 2.79 bits per heavy atom. The molecule has 0 spiro atoms. The molecule has 0 aliphatic heterocycles. The predicted molar refractivity (Wildman–Crippen MR) is 75.6 cm³/mol. The van der Waals surface area contributed by atoms with E-state index in [1.807, 2.05) is 18.2 Å². The van der Waals surface area contributed by atoms with Gasteiger partial charge >= 0.3 is 0 Å². The van der Waals surface area contributed by atoms with E-state index in [0.29, 0.717) is 17.9 Å². The minimum Gasteiger partial charge on any atom is -0.496 e. The Morgan fingerprint density at radius 2 is 2.21 bits per heavy atom. The number of ether oxygens (including phenoxy) is 2. The van der Waals surface area contributed by atoms with Gasteiger partial charge in [0.05, 0.1) is 19.3 Å². The maximum atomic E-state index is 7.46. The molecule has 0 amide bonds. The fraction of sp³-hybridized carbons (Fsp3) is 0.533. The molecule has 2 rings (SSSR count). The molecule has 4 heteroatoms. The van der Waals surface area contributed by atoms with Crippen molar-refractivity contribution in [3.63, 3.8) is 0 Å². The number of nitrogen functional groups attached to an aromatic ring is 1. The largest absolute Gasteiger partial charge is 0.496 e. The number of amidine groups is 1. The van der Waals surface area contributed by atoms with Crippen molar-refractivity contribution in [3.05, 3.63) is 29.3 Å². The zero-order valence-electron chi connectivity index (χ0n) is 11.4. The van der Waals surface area contributed by atoms with Crippen LogP contribution < -0.4 is 10.5 Å². The smallest absolute Gasteiger partial charge is 0.130 e. The fourth-order valence-electron chi connectivity index (χ4n) is 2.27. The third kappa shape index (κ3) is 3.70. The minimum atomic E-state index is 0.0225. The van der Waals surface area contributed by atoms with Crippen molar-refractivity contribution in [2.45, 2.75) is 32.3 Å². The SMILES string of the molecule is COc1cc(COCCC2CCC2)ccc1C(=N)N. The lowest BCUT2D eigenvalue weighted by atomic mass is 9.83. The van der Waals surface area contributed by atoms with Crippen LogP contribution in [-0.4, -0.2) is 19.6 Å². The molecule has 1 aliphatic rings. The molecule has 1 aromatic carbocycles. The standard InChI is InChI=1S/C15H22N2O2/c1-18-14-9-12(5-6-13(14)15(16)17)10-19-8-7-11-3-2-4-11/h5-6,9,11H,2-4,7-8,10H2,1H3,(H3,16,17). The van der Waals surface area contributed by atoms with Crippen molar-refractivity contribution in [2.75, 3.05) is 13.7 Å². The molecule has 0 unspecified atom stereocenters. The zero-order chi connectivity index (χ0) is 13.7. The van der Waals surface area contributed by atoms with E-state index in [1.165, 1.54) is 25.7 Å². The van der Waals surface area contributed by atoms with E-state index in [1.54, 1.807) is 7.11 Å². The van der Waals surface area contributed by atoms with Crippen molar-refractivity contribution in [2.24, 2.45) is 11.7 Å². The number of methoxy groups -OCH3 is 1. The summed E-state index contributed by atoms with van der Waals surface area (Å²) < 4.78 is 10.9. The van der Waals surface area contributed by atoms with Crippen LogP contribution in [0.2, 0.25) is 0 Å². The Labute approximate surface area is 114 Å². The highest BCUT2D eigenvalue weighted by Gasteiger charge is 2.16. The first-order chi connectivity index (χ1) is 9.20. The van der Waals surface area contributed by atoms with Gasteiger partial charge in [-0.25, -0.2) is 0 Å². The molecular weight excluding hydrogens is 240 g/mol. The van der Waals surface area contributed by atoms with Crippen LogP contribution in [0.3, 0.4) is 0 Å². The van der Waals surface area contributed by atoms with Crippen LogP contribution in [0.1, 0.15) is 36.8 Å². The number of nitrogens with two attached hydrogens (primary N) is 1. The number of benzene rings is 1. The molecule has 104 valence electrons. The maximum absolute atomic E-state index is 7.46. The Kier molecular flexibility index (Phi) is 4.80. The van der Waals surface area contributed by atoms with Crippen LogP contribution in [0.5, 0.6) is 5.75 Å². The summed E-state index contributed by atoms with van der Waals surface area (Å²) in [5, 5.41) is 7.46. The van der Waals surface area contributed by atoms with E-state index in [0.717, 1.165) is 18.1 Å². The predicted octanol–water partition coefficient (Wildman–Crippen LogP) is 2.69. The molecule has 1 aromatic rings. The van der Waals surface area contributed by atoms with Crippen LogP contribution in [-0.2, 0) is 11.3 Å². The number of rotatable bonds is 7. The van der Waals surface area contributed by atoms with Crippen molar-refractivity contribution < 1.29 is 9.47 Å². The number of nitrogens with one attached hydrogen (secondary N) is 1. The van der Waals surface area contributed by atoms with E-state index < -0.39 is 0 Å². The molecule has 1 saturated carbocycles. The lowest BCUT2D eigenvalue weighted by molar-refractivity contribution is 0.0949. The van der Waals surface area contributed by atoms with Gasteiger partial charge in [0.1, 0.15) is 11.6 Å². The average Bonchev–Trinajstić information content (AvgIpc) is 2.35. The Balaban J connectivity index is 1.84. The van der Waals surface area contributed by atoms with Gasteiger partial charge in [0.2, 0.25) is 0 Å². The average molecular weight is 262 g/mol. The monoisotopic (exact) mass is 262 g/mol. The summed E-state index contributed by atoms with van der Waals surface area (Å²) in [6, 6.07) is 5.63. The summed E-state index contributed by atoms with van der Waals surface area (Å²) in [7, 11) is 1.59. The van der Waals surface area contributed by atoms with E-state index in [-0.39, 0.29) is 5.84 Å². The molecule has 0 atom stereocenters. The normalized spacial score (nSPS) is 15.0. The van der Waals surface area contributed by atoms with Gasteiger partial charge < -0.3 is 15.2 Å². The van der Waals surface area contributed by atoms with Gasteiger partial charge in [-0.05, 0) is 30.0 Å². The molecule has 0 aromatic heterocycles. The Bertz CT molecular complexity index is 442. The summed E-state index contributed by atoms with van der Waals surface area (Å²) in [5.41, 5.74) is 7.17. The molecule has 0 radical (unpaired) electrons. The highest BCUT2D eigenvalue weighted by atomic mass is 16.5. The minimum absolute atomic E-state index is 0.0225. The highest BCUT2D eigenvalue weighted by molar-refractivity contribution is 5.97. The third-order valence-electron chi connectivity index (χ3n) is 3.72. The van der Waals surface area contributed by atoms with Crippen LogP contribution in [0.4, 0.5) is 0 Å². The van der Waals surface area contributed by atoms with Gasteiger partial charge in [0, 0.05) is 6.61 Å². The van der Waals surface area contributed by atoms with Gasteiger partial charge in [-0.1, -0.05) is 25.3 Å². The third-order valence-corrected chi connectivity index (χ3v) is 3.72. The molecule has 0 saturated heterocycles. The van der Waals surface area contributed by atoms with Crippen molar-refractivity contribution in [1.82, 2.24) is 0 Å². The second kappa shape index (κ2) is 6.57.